The number of aliphatic hydroxyl groups is 1. The number of anilines is 1. The number of carbonyl (C=O) groups is 1. The summed E-state index contributed by atoms with van der Waals surface area (Å²) in [4.78, 5) is 24.4. The minimum atomic E-state index is -0.972. The lowest BCUT2D eigenvalue weighted by Crippen LogP contribution is -2.31. The van der Waals surface area contributed by atoms with E-state index in [2.05, 4.69) is 5.32 Å². The molecule has 35 heavy (non-hydrogen) atoms. The van der Waals surface area contributed by atoms with Crippen LogP contribution >= 0.6 is 0 Å². The third kappa shape index (κ3) is 7.20. The molecule has 1 amide bonds. The molecule has 2 aromatic heterocycles. The Morgan fingerprint density at radius 1 is 1.17 bits per heavy atom. The fourth-order valence-corrected chi connectivity index (χ4v) is 3.82. The highest BCUT2D eigenvalue weighted by Crippen LogP contribution is 2.32. The van der Waals surface area contributed by atoms with Gasteiger partial charge in [0, 0.05) is 18.4 Å². The molecule has 0 atom stereocenters. The molecule has 0 aliphatic rings. The summed E-state index contributed by atoms with van der Waals surface area (Å²) < 4.78 is 13.5. The molecule has 0 radical (unpaired) electrons. The van der Waals surface area contributed by atoms with E-state index in [1.807, 2.05) is 68.6 Å². The van der Waals surface area contributed by atoms with Gasteiger partial charge in [0.2, 0.25) is 5.91 Å². The summed E-state index contributed by atoms with van der Waals surface area (Å²) in [6, 6.07) is 7.75. The number of amides is 1. The Morgan fingerprint density at radius 3 is 2.54 bits per heavy atom. The molecule has 0 spiro atoms. The molecule has 0 saturated heterocycles. The minimum Gasteiger partial charge on any atom is -0.389 e. The second kappa shape index (κ2) is 11.0. The zero-order chi connectivity index (χ0) is 25.8. The van der Waals surface area contributed by atoms with Gasteiger partial charge in [-0.2, -0.15) is 0 Å². The standard InChI is InChI=1S/C26H39N5O4/c1-8-34-15-20-28-22-23(31(20)16-25(2,3)33)18-11-9-10-12-19(18)27-24(22)29-21(32)13-14-26(4,5)35-17-30(6)7/h9-12,33H,8,13-17H2,1-7H3,(H,27,29,32). The number of fused-ring (bicyclic) bond motifs is 3. The summed E-state index contributed by atoms with van der Waals surface area (Å²) in [5.74, 6) is 0.929. The van der Waals surface area contributed by atoms with Crippen LogP contribution in [-0.2, 0) is 27.4 Å². The molecule has 9 nitrogen and oxygen atoms in total. The van der Waals surface area contributed by atoms with E-state index >= 15 is 0 Å². The Kier molecular flexibility index (Phi) is 8.48. The average Bonchev–Trinajstić information content (AvgIpc) is 3.12. The molecule has 0 saturated carbocycles. The number of nitrogens with zero attached hydrogens (tertiary/aromatic N) is 4. The van der Waals surface area contributed by atoms with Gasteiger partial charge in [-0.25, -0.2) is 9.97 Å². The predicted octanol–water partition coefficient (Wildman–Crippen LogP) is 3.92. The van der Waals surface area contributed by atoms with Gasteiger partial charge < -0.3 is 24.5 Å². The van der Waals surface area contributed by atoms with Crippen LogP contribution in [0.15, 0.2) is 24.3 Å². The van der Waals surface area contributed by atoms with E-state index in [1.54, 1.807) is 13.8 Å². The number of rotatable bonds is 12. The first kappa shape index (κ1) is 27.0. The van der Waals surface area contributed by atoms with Crippen LogP contribution in [0.3, 0.4) is 0 Å². The van der Waals surface area contributed by atoms with Crippen molar-refractivity contribution in [3.05, 3.63) is 30.1 Å². The molecular formula is C26H39N5O4. The summed E-state index contributed by atoms with van der Waals surface area (Å²) in [7, 11) is 3.88. The molecule has 3 rings (SSSR count). The number of ether oxygens (including phenoxy) is 2. The van der Waals surface area contributed by atoms with Gasteiger partial charge in [0.15, 0.2) is 5.82 Å². The van der Waals surface area contributed by atoms with Crippen molar-refractivity contribution in [2.45, 2.75) is 71.8 Å². The van der Waals surface area contributed by atoms with Gasteiger partial charge >= 0.3 is 0 Å². The molecule has 1 aromatic carbocycles. The summed E-state index contributed by atoms with van der Waals surface area (Å²) in [5.41, 5.74) is 0.731. The van der Waals surface area contributed by atoms with Gasteiger partial charge in [0.25, 0.3) is 0 Å². The molecule has 0 aliphatic heterocycles. The van der Waals surface area contributed by atoms with Gasteiger partial charge in [-0.15, -0.1) is 0 Å². The Morgan fingerprint density at radius 2 is 1.89 bits per heavy atom. The number of hydrogen-bond donors (Lipinski definition) is 2. The van der Waals surface area contributed by atoms with Gasteiger partial charge in [-0.1, -0.05) is 18.2 Å². The highest BCUT2D eigenvalue weighted by atomic mass is 16.5. The van der Waals surface area contributed by atoms with Crippen LogP contribution in [0.5, 0.6) is 0 Å². The van der Waals surface area contributed by atoms with Crippen molar-refractivity contribution in [1.29, 1.82) is 0 Å². The number of hydrogen-bond acceptors (Lipinski definition) is 7. The van der Waals surface area contributed by atoms with Crippen LogP contribution in [0.1, 0.15) is 53.3 Å². The molecule has 2 N–H and O–H groups in total. The SMILES string of the molecule is CCOCc1nc2c(NC(=O)CCC(C)(C)OCN(C)C)nc3ccccc3c2n1CC(C)(C)O. The maximum Gasteiger partial charge on any atom is 0.225 e. The summed E-state index contributed by atoms with van der Waals surface area (Å²) in [5, 5.41) is 14.5. The van der Waals surface area contributed by atoms with Gasteiger partial charge in [0.1, 0.15) is 17.9 Å². The number of carbonyl (C=O) groups excluding carboxylic acids is 1. The lowest BCUT2D eigenvalue weighted by Gasteiger charge is -2.27. The molecule has 192 valence electrons. The van der Waals surface area contributed by atoms with Crippen molar-refractivity contribution in [1.82, 2.24) is 19.4 Å². The maximum atomic E-state index is 13.0. The Labute approximate surface area is 207 Å². The van der Waals surface area contributed by atoms with Crippen LogP contribution in [0.4, 0.5) is 5.82 Å². The van der Waals surface area contributed by atoms with Crippen LogP contribution in [0.25, 0.3) is 21.9 Å². The van der Waals surface area contributed by atoms with Crippen LogP contribution < -0.4 is 5.32 Å². The molecule has 9 heteroatoms. The van der Waals surface area contributed by atoms with E-state index < -0.39 is 11.2 Å². The summed E-state index contributed by atoms with van der Waals surface area (Å²) >= 11 is 0. The van der Waals surface area contributed by atoms with E-state index in [1.165, 1.54) is 0 Å². The highest BCUT2D eigenvalue weighted by Gasteiger charge is 2.25. The largest absolute Gasteiger partial charge is 0.389 e. The van der Waals surface area contributed by atoms with Crippen molar-refractivity contribution >= 4 is 33.7 Å². The number of benzene rings is 1. The van der Waals surface area contributed by atoms with E-state index in [0.29, 0.717) is 50.1 Å². The normalized spacial score (nSPS) is 12.7. The first-order valence-electron chi connectivity index (χ1n) is 12.1. The van der Waals surface area contributed by atoms with Gasteiger partial charge in [0.05, 0.1) is 35.5 Å². The first-order valence-corrected chi connectivity index (χ1v) is 12.1. The fourth-order valence-electron chi connectivity index (χ4n) is 3.82. The predicted molar refractivity (Wildman–Crippen MR) is 138 cm³/mol. The Hall–Kier alpha value is -2.59. The monoisotopic (exact) mass is 485 g/mol. The van der Waals surface area contributed by atoms with Crippen molar-refractivity contribution in [2.24, 2.45) is 0 Å². The van der Waals surface area contributed by atoms with Crippen molar-refractivity contribution in [3.8, 4) is 0 Å². The molecule has 2 heterocycles. The number of pyridine rings is 1. The van der Waals surface area contributed by atoms with Crippen LogP contribution in [0, 0.1) is 0 Å². The summed E-state index contributed by atoms with van der Waals surface area (Å²) in [6.45, 7) is 11.1. The molecule has 0 unspecified atom stereocenters. The summed E-state index contributed by atoms with van der Waals surface area (Å²) in [6.07, 6.45) is 0.846. The molecule has 3 aromatic rings. The quantitative estimate of drug-likeness (QED) is 0.375. The van der Waals surface area contributed by atoms with E-state index in [9.17, 15) is 9.90 Å². The van der Waals surface area contributed by atoms with E-state index in [-0.39, 0.29) is 12.3 Å². The molecule has 0 fully saturated rings. The maximum absolute atomic E-state index is 13.0. The Balaban J connectivity index is 1.98. The second-order valence-electron chi connectivity index (χ2n) is 10.4. The highest BCUT2D eigenvalue weighted by molar-refractivity contribution is 6.09. The first-order chi connectivity index (χ1) is 16.4. The zero-order valence-electron chi connectivity index (χ0n) is 22.0. The number of aromatic nitrogens is 3. The van der Waals surface area contributed by atoms with Crippen LogP contribution in [-0.4, -0.2) is 69.1 Å². The number of para-hydroxylation sites is 1. The topological polar surface area (TPSA) is 102 Å². The van der Waals surface area contributed by atoms with Crippen molar-refractivity contribution in [2.75, 3.05) is 32.7 Å². The van der Waals surface area contributed by atoms with E-state index in [4.69, 9.17) is 19.4 Å². The third-order valence-corrected chi connectivity index (χ3v) is 5.57. The average molecular weight is 486 g/mol. The fraction of sp³-hybridized carbons (Fsp3) is 0.577. The molecule has 0 bridgehead atoms. The lowest BCUT2D eigenvalue weighted by atomic mass is 10.0. The lowest BCUT2D eigenvalue weighted by molar-refractivity contribution is -0.119. The van der Waals surface area contributed by atoms with Crippen molar-refractivity contribution in [3.63, 3.8) is 0 Å². The van der Waals surface area contributed by atoms with Crippen molar-refractivity contribution < 1.29 is 19.4 Å². The zero-order valence-corrected chi connectivity index (χ0v) is 22.0. The van der Waals surface area contributed by atoms with Gasteiger partial charge in [-0.3, -0.25) is 9.69 Å². The van der Waals surface area contributed by atoms with Crippen LogP contribution in [0.2, 0.25) is 0 Å². The smallest absolute Gasteiger partial charge is 0.225 e. The third-order valence-electron chi connectivity index (χ3n) is 5.57. The molecular weight excluding hydrogens is 446 g/mol. The number of nitrogens with one attached hydrogen (secondary N) is 1. The Bertz CT molecular complexity index is 1160. The minimum absolute atomic E-state index is 0.154. The van der Waals surface area contributed by atoms with Gasteiger partial charge in [-0.05, 0) is 61.2 Å². The van der Waals surface area contributed by atoms with E-state index in [0.717, 1.165) is 16.4 Å². The number of imidazole rings is 1. The second-order valence-corrected chi connectivity index (χ2v) is 10.4. The molecule has 0 aliphatic carbocycles.